The second-order valence-electron chi connectivity index (χ2n) is 4.58. The van der Waals surface area contributed by atoms with Gasteiger partial charge in [0, 0.05) is 0 Å². The van der Waals surface area contributed by atoms with E-state index < -0.39 is 5.60 Å². The van der Waals surface area contributed by atoms with E-state index >= 15 is 0 Å². The average Bonchev–Trinajstić information content (AvgIpc) is 2.17. The molecule has 1 fully saturated rings. The summed E-state index contributed by atoms with van der Waals surface area (Å²) < 4.78 is 4.88. The summed E-state index contributed by atoms with van der Waals surface area (Å²) in [5, 5.41) is 10.3. The van der Waals surface area contributed by atoms with Gasteiger partial charge in [-0.05, 0) is 25.7 Å². The van der Waals surface area contributed by atoms with Crippen LogP contribution in [0.15, 0.2) is 0 Å². The molecular weight excluding hydrogens is 192 g/mol. The van der Waals surface area contributed by atoms with Crippen LogP contribution in [-0.4, -0.2) is 23.3 Å². The Labute approximate surface area is 91.8 Å². The third-order valence-electron chi connectivity index (χ3n) is 3.28. The quantitative estimate of drug-likeness (QED) is 0.730. The molecule has 0 heterocycles. The molecule has 1 aliphatic carbocycles. The van der Waals surface area contributed by atoms with Crippen molar-refractivity contribution >= 4 is 5.97 Å². The van der Waals surface area contributed by atoms with Crippen LogP contribution in [0.3, 0.4) is 0 Å². The summed E-state index contributed by atoms with van der Waals surface area (Å²) >= 11 is 0. The largest absolute Gasteiger partial charge is 0.466 e. The number of ether oxygens (including phenoxy) is 1. The molecular formula is C12H22O3. The molecule has 3 heteroatoms. The van der Waals surface area contributed by atoms with Crippen molar-refractivity contribution in [2.45, 2.75) is 58.0 Å². The molecule has 1 N–H and O–H groups in total. The van der Waals surface area contributed by atoms with Gasteiger partial charge in [-0.3, -0.25) is 4.79 Å². The molecule has 3 nitrogen and oxygen atoms in total. The topological polar surface area (TPSA) is 46.5 Å². The number of carbonyl (C=O) groups is 1. The number of hydrogen-bond acceptors (Lipinski definition) is 3. The zero-order valence-electron chi connectivity index (χ0n) is 9.79. The zero-order valence-corrected chi connectivity index (χ0v) is 9.79. The molecule has 1 saturated carbocycles. The van der Waals surface area contributed by atoms with Crippen LogP contribution >= 0.6 is 0 Å². The summed E-state index contributed by atoms with van der Waals surface area (Å²) in [5.74, 6) is 0.301. The second kappa shape index (κ2) is 5.50. The lowest BCUT2D eigenvalue weighted by atomic mass is 9.75. The Bertz CT molecular complexity index is 215. The maximum Gasteiger partial charge on any atom is 0.308 e. The third-order valence-corrected chi connectivity index (χ3v) is 3.28. The zero-order chi connectivity index (χ0) is 11.3. The minimum atomic E-state index is -0.800. The molecule has 0 amide bonds. The van der Waals surface area contributed by atoms with Crippen LogP contribution in [0.4, 0.5) is 0 Å². The first kappa shape index (κ1) is 12.5. The van der Waals surface area contributed by atoms with Crippen LogP contribution in [-0.2, 0) is 9.53 Å². The minimum Gasteiger partial charge on any atom is -0.466 e. The van der Waals surface area contributed by atoms with E-state index in [4.69, 9.17) is 4.74 Å². The summed E-state index contributed by atoms with van der Waals surface area (Å²) in [4.78, 5) is 11.3. The minimum absolute atomic E-state index is 0.164. The number of hydrogen-bond donors (Lipinski definition) is 1. The molecule has 1 rings (SSSR count). The van der Waals surface area contributed by atoms with Crippen LogP contribution in [0, 0.1) is 5.92 Å². The monoisotopic (exact) mass is 214 g/mol. The molecule has 0 spiro atoms. The van der Waals surface area contributed by atoms with E-state index in [1.165, 1.54) is 6.42 Å². The maximum atomic E-state index is 11.3. The van der Waals surface area contributed by atoms with Crippen molar-refractivity contribution in [1.82, 2.24) is 0 Å². The molecule has 0 aromatic carbocycles. The molecule has 15 heavy (non-hydrogen) atoms. The van der Waals surface area contributed by atoms with E-state index in [1.54, 1.807) is 6.92 Å². The van der Waals surface area contributed by atoms with Crippen LogP contribution in [0.5, 0.6) is 0 Å². The van der Waals surface area contributed by atoms with Gasteiger partial charge in [0.15, 0.2) is 0 Å². The molecule has 2 unspecified atom stereocenters. The van der Waals surface area contributed by atoms with Crippen molar-refractivity contribution in [1.29, 1.82) is 0 Å². The molecule has 1 aliphatic rings. The standard InChI is InChI=1S/C12H22O3/c1-3-10-6-5-7-12(14,8-10)9-11(13)15-4-2/h10,14H,3-9H2,1-2H3. The van der Waals surface area contributed by atoms with Crippen LogP contribution < -0.4 is 0 Å². The first-order chi connectivity index (χ1) is 7.09. The van der Waals surface area contributed by atoms with Crippen molar-refractivity contribution in [3.05, 3.63) is 0 Å². The van der Waals surface area contributed by atoms with E-state index in [0.29, 0.717) is 12.5 Å². The number of carbonyl (C=O) groups excluding carboxylic acids is 1. The summed E-state index contributed by atoms with van der Waals surface area (Å²) in [6.07, 6.45) is 4.95. The Morgan fingerprint density at radius 2 is 2.27 bits per heavy atom. The molecule has 0 bridgehead atoms. The first-order valence-corrected chi connectivity index (χ1v) is 5.97. The van der Waals surface area contributed by atoms with E-state index in [2.05, 4.69) is 6.92 Å². The van der Waals surface area contributed by atoms with Crippen molar-refractivity contribution in [2.75, 3.05) is 6.61 Å². The molecule has 2 atom stereocenters. The molecule has 0 saturated heterocycles. The number of esters is 1. The van der Waals surface area contributed by atoms with Gasteiger partial charge < -0.3 is 9.84 Å². The van der Waals surface area contributed by atoms with Gasteiger partial charge in [-0.15, -0.1) is 0 Å². The third kappa shape index (κ3) is 3.82. The fourth-order valence-electron chi connectivity index (χ4n) is 2.45. The van der Waals surface area contributed by atoms with Gasteiger partial charge in [-0.25, -0.2) is 0 Å². The summed E-state index contributed by atoms with van der Waals surface area (Å²) in [6.45, 7) is 4.32. The van der Waals surface area contributed by atoms with E-state index in [0.717, 1.165) is 25.7 Å². The summed E-state index contributed by atoms with van der Waals surface area (Å²) in [6, 6.07) is 0. The smallest absolute Gasteiger partial charge is 0.308 e. The lowest BCUT2D eigenvalue weighted by Crippen LogP contribution is -2.37. The van der Waals surface area contributed by atoms with Gasteiger partial charge >= 0.3 is 5.97 Å². The fraction of sp³-hybridized carbons (Fsp3) is 0.917. The summed E-state index contributed by atoms with van der Waals surface area (Å²) in [5.41, 5.74) is -0.800. The van der Waals surface area contributed by atoms with Crippen molar-refractivity contribution in [3.8, 4) is 0 Å². The van der Waals surface area contributed by atoms with Crippen molar-refractivity contribution in [2.24, 2.45) is 5.92 Å². The van der Waals surface area contributed by atoms with Gasteiger partial charge in [0.25, 0.3) is 0 Å². The lowest BCUT2D eigenvalue weighted by Gasteiger charge is -2.35. The second-order valence-corrected chi connectivity index (χ2v) is 4.58. The van der Waals surface area contributed by atoms with E-state index in [1.807, 2.05) is 0 Å². The van der Waals surface area contributed by atoms with Gasteiger partial charge in [-0.2, -0.15) is 0 Å². The molecule has 0 aromatic heterocycles. The Morgan fingerprint density at radius 3 is 2.87 bits per heavy atom. The number of rotatable bonds is 4. The Kier molecular flexibility index (Phi) is 4.58. The van der Waals surface area contributed by atoms with Gasteiger partial charge in [0.2, 0.25) is 0 Å². The Hall–Kier alpha value is -0.570. The predicted octanol–water partition coefficient (Wildman–Crippen LogP) is 2.27. The normalized spacial score (nSPS) is 31.3. The highest BCUT2D eigenvalue weighted by Crippen LogP contribution is 2.36. The van der Waals surface area contributed by atoms with Gasteiger partial charge in [0.1, 0.15) is 0 Å². The molecule has 0 aliphatic heterocycles. The van der Waals surface area contributed by atoms with Gasteiger partial charge in [0.05, 0.1) is 18.6 Å². The highest BCUT2D eigenvalue weighted by molar-refractivity contribution is 5.70. The van der Waals surface area contributed by atoms with E-state index in [-0.39, 0.29) is 12.4 Å². The van der Waals surface area contributed by atoms with Crippen molar-refractivity contribution in [3.63, 3.8) is 0 Å². The molecule has 88 valence electrons. The van der Waals surface area contributed by atoms with Crippen LogP contribution in [0.2, 0.25) is 0 Å². The SMILES string of the molecule is CCOC(=O)CC1(O)CCCC(CC)C1. The number of aliphatic hydroxyl groups is 1. The molecule has 0 radical (unpaired) electrons. The Morgan fingerprint density at radius 1 is 1.53 bits per heavy atom. The summed E-state index contributed by atoms with van der Waals surface area (Å²) in [7, 11) is 0. The van der Waals surface area contributed by atoms with Gasteiger partial charge in [-0.1, -0.05) is 26.2 Å². The lowest BCUT2D eigenvalue weighted by molar-refractivity contribution is -0.150. The van der Waals surface area contributed by atoms with Crippen molar-refractivity contribution < 1.29 is 14.6 Å². The Balaban J connectivity index is 2.46. The van der Waals surface area contributed by atoms with E-state index in [9.17, 15) is 9.90 Å². The maximum absolute atomic E-state index is 11.3. The highest BCUT2D eigenvalue weighted by Gasteiger charge is 2.35. The molecule has 0 aromatic rings. The predicted molar refractivity (Wildman–Crippen MR) is 58.4 cm³/mol. The van der Waals surface area contributed by atoms with Crippen LogP contribution in [0.1, 0.15) is 52.4 Å². The first-order valence-electron chi connectivity index (χ1n) is 5.97. The van der Waals surface area contributed by atoms with Crippen LogP contribution in [0.25, 0.3) is 0 Å². The highest BCUT2D eigenvalue weighted by atomic mass is 16.5. The average molecular weight is 214 g/mol. The fourth-order valence-corrected chi connectivity index (χ4v) is 2.45.